The molecule has 3 heteroatoms. The lowest BCUT2D eigenvalue weighted by Gasteiger charge is -2.57. The van der Waals surface area contributed by atoms with E-state index in [1.165, 1.54) is 32.1 Å². The van der Waals surface area contributed by atoms with Gasteiger partial charge in [0.1, 0.15) is 0 Å². The van der Waals surface area contributed by atoms with Crippen molar-refractivity contribution in [3.63, 3.8) is 0 Å². The van der Waals surface area contributed by atoms with Crippen LogP contribution in [0.4, 0.5) is 0 Å². The van der Waals surface area contributed by atoms with Crippen LogP contribution in [0.25, 0.3) is 0 Å². The Morgan fingerprint density at radius 3 is 1.95 bits per heavy atom. The van der Waals surface area contributed by atoms with E-state index in [-0.39, 0.29) is 5.92 Å². The van der Waals surface area contributed by atoms with Gasteiger partial charge in [-0.3, -0.25) is 4.79 Å². The van der Waals surface area contributed by atoms with Crippen molar-refractivity contribution in [1.82, 2.24) is 4.90 Å². The predicted octanol–water partition coefficient (Wildman–Crippen LogP) is 2.79. The smallest absolute Gasteiger partial charge is 0.225 e. The molecule has 5 rings (SSSR count). The molecule has 0 saturated heterocycles. The molecule has 0 radical (unpaired) electrons. The Hall–Kier alpha value is -0.570. The molecule has 1 amide bonds. The van der Waals surface area contributed by atoms with Crippen molar-refractivity contribution in [3.05, 3.63) is 0 Å². The van der Waals surface area contributed by atoms with Crippen molar-refractivity contribution < 1.29 is 4.79 Å². The molecule has 0 unspecified atom stereocenters. The molecule has 118 valence electrons. The van der Waals surface area contributed by atoms with Crippen LogP contribution in [0.15, 0.2) is 0 Å². The maximum absolute atomic E-state index is 12.9. The maximum atomic E-state index is 12.9. The van der Waals surface area contributed by atoms with E-state index in [4.69, 9.17) is 5.73 Å². The molecule has 0 spiro atoms. The first-order chi connectivity index (χ1) is 10.1. The molecule has 21 heavy (non-hydrogen) atoms. The van der Waals surface area contributed by atoms with Gasteiger partial charge in [-0.25, -0.2) is 0 Å². The SMILES string of the molecule is CN(C(=O)C1CCC(N)CC1)C1C2CC3CC(C2)CC1C3. The van der Waals surface area contributed by atoms with Gasteiger partial charge in [-0.05, 0) is 81.5 Å². The highest BCUT2D eigenvalue weighted by molar-refractivity contribution is 5.79. The number of hydrogen-bond donors (Lipinski definition) is 1. The fourth-order valence-electron chi connectivity index (χ4n) is 6.33. The number of nitrogens with two attached hydrogens (primary N) is 1. The number of amides is 1. The molecule has 2 N–H and O–H groups in total. The van der Waals surface area contributed by atoms with Crippen LogP contribution in [-0.4, -0.2) is 29.9 Å². The number of rotatable bonds is 2. The second-order valence-electron chi connectivity index (χ2n) is 8.48. The maximum Gasteiger partial charge on any atom is 0.225 e. The molecule has 4 bridgehead atoms. The Bertz CT molecular complexity index is 385. The normalized spacial score (nSPS) is 48.4. The van der Waals surface area contributed by atoms with E-state index >= 15 is 0 Å². The molecule has 0 aliphatic heterocycles. The minimum Gasteiger partial charge on any atom is -0.342 e. The van der Waals surface area contributed by atoms with Gasteiger partial charge in [-0.1, -0.05) is 0 Å². The molecule has 0 heterocycles. The lowest BCUT2D eigenvalue weighted by molar-refractivity contribution is -0.146. The average Bonchev–Trinajstić information content (AvgIpc) is 2.46. The monoisotopic (exact) mass is 290 g/mol. The number of nitrogens with zero attached hydrogens (tertiary/aromatic N) is 1. The molecular weight excluding hydrogens is 260 g/mol. The number of carbonyl (C=O) groups is 1. The van der Waals surface area contributed by atoms with Crippen LogP contribution < -0.4 is 5.73 Å². The minimum atomic E-state index is 0.256. The molecule has 0 atom stereocenters. The Balaban J connectivity index is 1.45. The van der Waals surface area contributed by atoms with E-state index in [0.29, 0.717) is 18.0 Å². The van der Waals surface area contributed by atoms with Crippen LogP contribution in [0.1, 0.15) is 57.8 Å². The summed E-state index contributed by atoms with van der Waals surface area (Å²) in [7, 11) is 2.10. The molecule has 0 aromatic rings. The van der Waals surface area contributed by atoms with Gasteiger partial charge in [0.25, 0.3) is 0 Å². The first kappa shape index (κ1) is 14.0. The minimum absolute atomic E-state index is 0.256. The summed E-state index contributed by atoms with van der Waals surface area (Å²) in [6.07, 6.45) is 11.1. The lowest BCUT2D eigenvalue weighted by Crippen LogP contribution is -2.57. The van der Waals surface area contributed by atoms with Gasteiger partial charge < -0.3 is 10.6 Å². The van der Waals surface area contributed by atoms with Gasteiger partial charge in [0, 0.05) is 25.0 Å². The molecule has 5 aliphatic rings. The summed E-state index contributed by atoms with van der Waals surface area (Å²) in [5.74, 6) is 4.27. The molecular formula is C18H30N2O. The van der Waals surface area contributed by atoms with Gasteiger partial charge in [0.2, 0.25) is 5.91 Å². The second kappa shape index (κ2) is 5.26. The Morgan fingerprint density at radius 1 is 0.905 bits per heavy atom. The number of hydrogen-bond acceptors (Lipinski definition) is 2. The zero-order chi connectivity index (χ0) is 14.6. The fraction of sp³-hybridized carbons (Fsp3) is 0.944. The van der Waals surface area contributed by atoms with Crippen molar-refractivity contribution in [3.8, 4) is 0 Å². The molecule has 5 fully saturated rings. The Labute approximate surface area is 128 Å². The third-order valence-electron chi connectivity index (χ3n) is 7.09. The summed E-state index contributed by atoms with van der Waals surface area (Å²) >= 11 is 0. The molecule has 5 aliphatic carbocycles. The highest BCUT2D eigenvalue weighted by atomic mass is 16.2. The standard InChI is InChI=1S/C18H30N2O/c1-20(18(21)13-2-4-16(19)5-3-13)17-14-7-11-6-12(9-14)10-15(17)8-11/h11-17H,2-10,19H2,1H3. The van der Waals surface area contributed by atoms with Crippen LogP contribution in [0.3, 0.4) is 0 Å². The fourth-order valence-corrected chi connectivity index (χ4v) is 6.33. The molecule has 0 aromatic carbocycles. The van der Waals surface area contributed by atoms with Crippen molar-refractivity contribution in [2.45, 2.75) is 69.9 Å². The predicted molar refractivity (Wildman–Crippen MR) is 83.5 cm³/mol. The largest absolute Gasteiger partial charge is 0.342 e. The molecule has 0 aromatic heterocycles. The van der Waals surface area contributed by atoms with Crippen molar-refractivity contribution in [2.75, 3.05) is 7.05 Å². The third kappa shape index (κ3) is 2.42. The van der Waals surface area contributed by atoms with E-state index in [2.05, 4.69) is 11.9 Å². The van der Waals surface area contributed by atoms with Gasteiger partial charge in [0.05, 0.1) is 0 Å². The van der Waals surface area contributed by atoms with Gasteiger partial charge in [-0.2, -0.15) is 0 Å². The van der Waals surface area contributed by atoms with Gasteiger partial charge in [-0.15, -0.1) is 0 Å². The van der Waals surface area contributed by atoms with Crippen LogP contribution in [0, 0.1) is 29.6 Å². The third-order valence-corrected chi connectivity index (χ3v) is 7.09. The zero-order valence-corrected chi connectivity index (χ0v) is 13.3. The van der Waals surface area contributed by atoms with E-state index in [0.717, 1.165) is 49.4 Å². The van der Waals surface area contributed by atoms with Gasteiger partial charge in [0.15, 0.2) is 0 Å². The highest BCUT2D eigenvalue weighted by Gasteiger charge is 2.50. The zero-order valence-electron chi connectivity index (χ0n) is 13.3. The summed E-state index contributed by atoms with van der Waals surface area (Å²) in [4.78, 5) is 15.1. The van der Waals surface area contributed by atoms with E-state index in [9.17, 15) is 4.79 Å². The van der Waals surface area contributed by atoms with Crippen LogP contribution in [0.2, 0.25) is 0 Å². The Kier molecular flexibility index (Phi) is 3.52. The quantitative estimate of drug-likeness (QED) is 0.850. The summed E-state index contributed by atoms with van der Waals surface area (Å²) in [5, 5.41) is 0. The topological polar surface area (TPSA) is 46.3 Å². The summed E-state index contributed by atoms with van der Waals surface area (Å²) in [6, 6.07) is 0.890. The van der Waals surface area contributed by atoms with Gasteiger partial charge >= 0.3 is 0 Å². The Morgan fingerprint density at radius 2 is 1.43 bits per heavy atom. The van der Waals surface area contributed by atoms with Crippen molar-refractivity contribution in [2.24, 2.45) is 35.3 Å². The van der Waals surface area contributed by atoms with E-state index < -0.39 is 0 Å². The van der Waals surface area contributed by atoms with Crippen molar-refractivity contribution >= 4 is 5.91 Å². The van der Waals surface area contributed by atoms with E-state index in [1.54, 1.807) is 0 Å². The molecule has 5 saturated carbocycles. The highest BCUT2D eigenvalue weighted by Crippen LogP contribution is 2.55. The van der Waals surface area contributed by atoms with Crippen LogP contribution in [0.5, 0.6) is 0 Å². The van der Waals surface area contributed by atoms with E-state index in [1.807, 2.05) is 0 Å². The lowest BCUT2D eigenvalue weighted by atomic mass is 9.54. The van der Waals surface area contributed by atoms with Crippen LogP contribution >= 0.6 is 0 Å². The first-order valence-corrected chi connectivity index (χ1v) is 9.14. The average molecular weight is 290 g/mol. The second-order valence-corrected chi connectivity index (χ2v) is 8.48. The summed E-state index contributed by atoms with van der Waals surface area (Å²) in [5.41, 5.74) is 5.99. The molecule has 3 nitrogen and oxygen atoms in total. The van der Waals surface area contributed by atoms with Crippen LogP contribution in [-0.2, 0) is 4.79 Å². The first-order valence-electron chi connectivity index (χ1n) is 9.14. The van der Waals surface area contributed by atoms with Crippen molar-refractivity contribution in [1.29, 1.82) is 0 Å². The summed E-state index contributed by atoms with van der Waals surface area (Å²) in [6.45, 7) is 0. The summed E-state index contributed by atoms with van der Waals surface area (Å²) < 4.78 is 0. The number of carbonyl (C=O) groups excluding carboxylic acids is 1.